The molecule has 0 saturated heterocycles. The molecule has 2 heterocycles. The number of amidine groups is 1. The van der Waals surface area contributed by atoms with Crippen LogP contribution in [0, 0.1) is 0 Å². The Balaban J connectivity index is 1.65. The lowest BCUT2D eigenvalue weighted by Gasteiger charge is -2.06. The van der Waals surface area contributed by atoms with Crippen molar-refractivity contribution < 1.29 is 9.53 Å². The lowest BCUT2D eigenvalue weighted by molar-refractivity contribution is -0.142. The van der Waals surface area contributed by atoms with Crippen molar-refractivity contribution in [1.29, 1.82) is 0 Å². The minimum atomic E-state index is -0.244. The largest absolute Gasteiger partial charge is 0.465 e. The van der Waals surface area contributed by atoms with Crippen molar-refractivity contribution in [2.75, 3.05) is 18.5 Å². The fourth-order valence-electron chi connectivity index (χ4n) is 1.82. The van der Waals surface area contributed by atoms with Crippen LogP contribution in [0.25, 0.3) is 10.2 Å². The second kappa shape index (κ2) is 5.80. The second-order valence-electron chi connectivity index (χ2n) is 4.12. The number of carbonyl (C=O) groups excluding carboxylic acids is 1. The molecular formula is C13H13N3O2S2. The number of anilines is 1. The van der Waals surface area contributed by atoms with E-state index in [1.165, 1.54) is 11.8 Å². The summed E-state index contributed by atoms with van der Waals surface area (Å²) in [4.78, 5) is 20.4. The van der Waals surface area contributed by atoms with Gasteiger partial charge in [-0.3, -0.25) is 9.79 Å². The number of hydrogen-bond donors (Lipinski definition) is 1. The molecule has 1 unspecified atom stereocenters. The zero-order valence-electron chi connectivity index (χ0n) is 10.8. The summed E-state index contributed by atoms with van der Waals surface area (Å²) in [5.41, 5.74) is 0.963. The van der Waals surface area contributed by atoms with Gasteiger partial charge in [0.2, 0.25) is 0 Å². The molecule has 1 aromatic heterocycles. The molecule has 0 fully saturated rings. The number of nitrogens with one attached hydrogen (secondary N) is 1. The maximum absolute atomic E-state index is 11.6. The van der Waals surface area contributed by atoms with Crippen molar-refractivity contribution >= 4 is 49.6 Å². The molecular weight excluding hydrogens is 294 g/mol. The number of benzene rings is 1. The molecule has 1 atom stereocenters. The number of aromatic nitrogens is 1. The van der Waals surface area contributed by atoms with Crippen LogP contribution in [0.3, 0.4) is 0 Å². The van der Waals surface area contributed by atoms with Gasteiger partial charge < -0.3 is 10.1 Å². The van der Waals surface area contributed by atoms with Gasteiger partial charge in [-0.25, -0.2) is 4.98 Å². The molecule has 20 heavy (non-hydrogen) atoms. The fourth-order valence-corrected chi connectivity index (χ4v) is 3.64. The number of rotatable bonds is 3. The summed E-state index contributed by atoms with van der Waals surface area (Å²) in [7, 11) is 0. The van der Waals surface area contributed by atoms with Crippen molar-refractivity contribution in [3.63, 3.8) is 0 Å². The first-order valence-corrected chi connectivity index (χ1v) is 7.96. The third-order valence-corrected chi connectivity index (χ3v) is 4.74. The Morgan fingerprint density at radius 1 is 1.50 bits per heavy atom. The number of aliphatic imine (C=N–C) groups is 1. The number of carbonyl (C=O) groups is 1. The van der Waals surface area contributed by atoms with Gasteiger partial charge in [0.25, 0.3) is 0 Å². The van der Waals surface area contributed by atoms with Crippen LogP contribution >= 0.6 is 23.1 Å². The molecule has 2 aromatic rings. The van der Waals surface area contributed by atoms with E-state index in [-0.39, 0.29) is 11.2 Å². The lowest BCUT2D eigenvalue weighted by Crippen LogP contribution is -2.21. The molecule has 7 heteroatoms. The smallest absolute Gasteiger partial charge is 0.321 e. The second-order valence-corrected chi connectivity index (χ2v) is 6.34. The molecule has 0 saturated carbocycles. The van der Waals surface area contributed by atoms with E-state index in [9.17, 15) is 4.79 Å². The molecule has 1 N–H and O–H groups in total. The molecule has 3 rings (SSSR count). The minimum Gasteiger partial charge on any atom is -0.465 e. The summed E-state index contributed by atoms with van der Waals surface area (Å²) in [6, 6.07) is 7.96. The molecule has 0 aliphatic carbocycles. The maximum Gasteiger partial charge on any atom is 0.321 e. The normalized spacial score (nSPS) is 18.1. The summed E-state index contributed by atoms with van der Waals surface area (Å²) >= 11 is 2.97. The van der Waals surface area contributed by atoms with Crippen LogP contribution < -0.4 is 5.32 Å². The van der Waals surface area contributed by atoms with Gasteiger partial charge in [-0.15, -0.1) is 0 Å². The molecule has 1 aromatic carbocycles. The molecule has 0 spiro atoms. The van der Waals surface area contributed by atoms with Gasteiger partial charge in [0, 0.05) is 0 Å². The Morgan fingerprint density at radius 3 is 3.15 bits per heavy atom. The first-order chi connectivity index (χ1) is 9.76. The van der Waals surface area contributed by atoms with Gasteiger partial charge in [-0.2, -0.15) is 0 Å². The summed E-state index contributed by atoms with van der Waals surface area (Å²) in [6.07, 6.45) is 0. The lowest BCUT2D eigenvalue weighted by atomic mass is 10.3. The van der Waals surface area contributed by atoms with E-state index in [1.54, 1.807) is 18.3 Å². The number of para-hydroxylation sites is 1. The Kier molecular flexibility index (Phi) is 3.88. The minimum absolute atomic E-state index is 0.206. The highest BCUT2D eigenvalue weighted by atomic mass is 32.2. The van der Waals surface area contributed by atoms with Gasteiger partial charge >= 0.3 is 5.97 Å². The number of nitrogens with zero attached hydrogens (tertiary/aromatic N) is 2. The van der Waals surface area contributed by atoms with E-state index >= 15 is 0 Å². The summed E-state index contributed by atoms with van der Waals surface area (Å²) in [5, 5.41) is 4.44. The topological polar surface area (TPSA) is 63.6 Å². The predicted octanol–water partition coefficient (Wildman–Crippen LogP) is 2.74. The quantitative estimate of drug-likeness (QED) is 0.883. The van der Waals surface area contributed by atoms with Crippen molar-refractivity contribution in [2.24, 2.45) is 4.99 Å². The van der Waals surface area contributed by atoms with Crippen LogP contribution in [0.15, 0.2) is 29.3 Å². The van der Waals surface area contributed by atoms with Crippen LogP contribution in [0.2, 0.25) is 0 Å². The van der Waals surface area contributed by atoms with Gasteiger partial charge in [-0.05, 0) is 19.1 Å². The van der Waals surface area contributed by atoms with Gasteiger partial charge in [0.05, 0.1) is 23.4 Å². The van der Waals surface area contributed by atoms with Crippen LogP contribution in [0.4, 0.5) is 5.13 Å². The molecule has 104 valence electrons. The van der Waals surface area contributed by atoms with Crippen LogP contribution in [-0.4, -0.2) is 34.5 Å². The Hall–Kier alpha value is -1.60. The molecule has 0 radical (unpaired) electrons. The highest BCUT2D eigenvalue weighted by Crippen LogP contribution is 2.28. The fraction of sp³-hybridized carbons (Fsp3) is 0.308. The number of esters is 1. The molecule has 5 nitrogen and oxygen atoms in total. The van der Waals surface area contributed by atoms with Crippen molar-refractivity contribution in [3.05, 3.63) is 24.3 Å². The predicted molar refractivity (Wildman–Crippen MR) is 83.6 cm³/mol. The maximum atomic E-state index is 11.6. The summed E-state index contributed by atoms with van der Waals surface area (Å²) < 4.78 is 6.12. The third kappa shape index (κ3) is 2.78. The Labute approximate surface area is 124 Å². The van der Waals surface area contributed by atoms with Crippen LogP contribution in [0.1, 0.15) is 6.92 Å². The molecule has 0 bridgehead atoms. The molecule has 1 aliphatic heterocycles. The highest BCUT2D eigenvalue weighted by molar-refractivity contribution is 8.15. The number of fused-ring (bicyclic) bond motifs is 1. The van der Waals surface area contributed by atoms with Crippen LogP contribution in [0.5, 0.6) is 0 Å². The van der Waals surface area contributed by atoms with E-state index in [4.69, 9.17) is 4.74 Å². The van der Waals surface area contributed by atoms with Gasteiger partial charge in [-0.1, -0.05) is 35.2 Å². The van der Waals surface area contributed by atoms with Crippen molar-refractivity contribution in [3.8, 4) is 0 Å². The van der Waals surface area contributed by atoms with Crippen molar-refractivity contribution in [1.82, 2.24) is 4.98 Å². The number of thiazole rings is 1. The third-order valence-electron chi connectivity index (χ3n) is 2.71. The van der Waals surface area contributed by atoms with Gasteiger partial charge in [0.1, 0.15) is 5.25 Å². The zero-order valence-corrected chi connectivity index (χ0v) is 12.5. The molecule has 1 aliphatic rings. The first kappa shape index (κ1) is 13.4. The van der Waals surface area contributed by atoms with E-state index in [0.717, 1.165) is 20.5 Å². The van der Waals surface area contributed by atoms with E-state index in [1.807, 2.05) is 24.3 Å². The summed E-state index contributed by atoms with van der Waals surface area (Å²) in [6.45, 7) is 2.66. The molecule has 0 amide bonds. The standard InChI is InChI=1S/C13H13N3O2S2/c1-2-18-11(17)10-7-14-12(20-10)16-13-15-8-5-3-4-6-9(8)19-13/h3-6,10H,2,7H2,1H3,(H,14,15,16). The number of thioether (sulfide) groups is 1. The SMILES string of the molecule is CCOC(=O)C1CN=C(Nc2nc3ccccc3s2)S1. The Morgan fingerprint density at radius 2 is 2.35 bits per heavy atom. The number of hydrogen-bond acceptors (Lipinski definition) is 7. The Bertz CT molecular complexity index is 635. The van der Waals surface area contributed by atoms with E-state index in [0.29, 0.717) is 13.2 Å². The monoisotopic (exact) mass is 307 g/mol. The van der Waals surface area contributed by atoms with E-state index < -0.39 is 0 Å². The summed E-state index contributed by atoms with van der Waals surface area (Å²) in [5.74, 6) is -0.206. The number of ether oxygens (including phenoxy) is 1. The zero-order chi connectivity index (χ0) is 13.9. The average Bonchev–Trinajstić information content (AvgIpc) is 3.05. The van der Waals surface area contributed by atoms with Crippen LogP contribution in [-0.2, 0) is 9.53 Å². The highest BCUT2D eigenvalue weighted by Gasteiger charge is 2.28. The average molecular weight is 307 g/mol. The van der Waals surface area contributed by atoms with E-state index in [2.05, 4.69) is 15.3 Å². The first-order valence-electron chi connectivity index (χ1n) is 6.26. The van der Waals surface area contributed by atoms with Crippen molar-refractivity contribution in [2.45, 2.75) is 12.2 Å². The van der Waals surface area contributed by atoms with Gasteiger partial charge in [0.15, 0.2) is 10.3 Å².